The molecule has 0 radical (unpaired) electrons. The summed E-state index contributed by atoms with van der Waals surface area (Å²) in [5.74, 6) is -0.716. The normalized spacial score (nSPS) is 11.2. The molecular formula is C24H18FN5O2. The van der Waals surface area contributed by atoms with Crippen LogP contribution in [0.15, 0.2) is 77.9 Å². The zero-order valence-corrected chi connectivity index (χ0v) is 17.1. The molecular weight excluding hydrogens is 409 g/mol. The fourth-order valence-corrected chi connectivity index (χ4v) is 3.73. The number of nitrogens with zero attached hydrogens (tertiary/aromatic N) is 4. The molecule has 5 rings (SSSR count). The summed E-state index contributed by atoms with van der Waals surface area (Å²) >= 11 is 0. The van der Waals surface area contributed by atoms with Gasteiger partial charge in [0.15, 0.2) is 5.65 Å². The van der Waals surface area contributed by atoms with Crippen LogP contribution in [-0.2, 0) is 6.42 Å². The average Bonchev–Trinajstić information content (AvgIpc) is 3.21. The van der Waals surface area contributed by atoms with E-state index < -0.39 is 11.5 Å². The number of pyridine rings is 1. The van der Waals surface area contributed by atoms with Crippen LogP contribution in [0.2, 0.25) is 0 Å². The fraction of sp³-hybridized carbons (Fsp3) is 0.0833. The second kappa shape index (κ2) is 7.73. The number of hydrogen-bond acceptors (Lipinski definition) is 4. The van der Waals surface area contributed by atoms with Crippen LogP contribution < -0.4 is 11.0 Å². The number of carbonyl (C=O) groups is 1. The number of carbonyl (C=O) groups excluding carboxylic acids is 1. The van der Waals surface area contributed by atoms with Crippen LogP contribution in [-0.4, -0.2) is 25.2 Å². The summed E-state index contributed by atoms with van der Waals surface area (Å²) in [4.78, 5) is 30.0. The van der Waals surface area contributed by atoms with E-state index in [0.717, 1.165) is 21.5 Å². The minimum absolute atomic E-state index is 0.309. The number of rotatable bonds is 4. The maximum atomic E-state index is 13.4. The Balaban J connectivity index is 1.63. The van der Waals surface area contributed by atoms with E-state index in [9.17, 15) is 14.0 Å². The first-order valence-corrected chi connectivity index (χ1v) is 10.1. The third-order valence-electron chi connectivity index (χ3n) is 5.31. The molecule has 8 heteroatoms. The molecule has 3 aromatic heterocycles. The Morgan fingerprint density at radius 3 is 2.53 bits per heavy atom. The molecule has 7 nitrogen and oxygen atoms in total. The highest BCUT2D eigenvalue weighted by molar-refractivity contribution is 6.00. The highest BCUT2D eigenvalue weighted by atomic mass is 19.1. The molecule has 0 aliphatic heterocycles. The first-order chi connectivity index (χ1) is 15.6. The number of halogens is 1. The molecule has 0 fully saturated rings. The lowest BCUT2D eigenvalue weighted by molar-refractivity contribution is 0.101. The molecule has 158 valence electrons. The van der Waals surface area contributed by atoms with Crippen LogP contribution in [0.25, 0.3) is 27.7 Å². The van der Waals surface area contributed by atoms with Gasteiger partial charge in [0.1, 0.15) is 5.82 Å². The Bertz CT molecular complexity index is 1520. The van der Waals surface area contributed by atoms with Gasteiger partial charge in [-0.15, -0.1) is 0 Å². The average molecular weight is 427 g/mol. The van der Waals surface area contributed by atoms with Crippen LogP contribution >= 0.6 is 0 Å². The SMILES string of the molecule is CCc1nn2c(ncc3c(=O)n(NC(=O)c4ccccc4)ccc32)c1-c1ccc(F)cc1. The number of aryl methyl sites for hydroxylation is 1. The molecule has 0 bridgehead atoms. The minimum atomic E-state index is -0.418. The van der Waals surface area contributed by atoms with E-state index in [4.69, 9.17) is 0 Å². The van der Waals surface area contributed by atoms with Crippen molar-refractivity contribution < 1.29 is 9.18 Å². The molecule has 2 aromatic carbocycles. The second-order valence-corrected chi connectivity index (χ2v) is 7.27. The lowest BCUT2D eigenvalue weighted by atomic mass is 10.0. The number of aromatic nitrogens is 4. The molecule has 1 N–H and O–H groups in total. The summed E-state index contributed by atoms with van der Waals surface area (Å²) in [5.41, 5.74) is 6.15. The van der Waals surface area contributed by atoms with E-state index in [2.05, 4.69) is 15.5 Å². The maximum absolute atomic E-state index is 13.4. The van der Waals surface area contributed by atoms with Crippen molar-refractivity contribution in [1.29, 1.82) is 0 Å². The van der Waals surface area contributed by atoms with Gasteiger partial charge in [0.25, 0.3) is 11.5 Å². The van der Waals surface area contributed by atoms with Gasteiger partial charge in [0, 0.05) is 23.5 Å². The Morgan fingerprint density at radius 2 is 1.81 bits per heavy atom. The van der Waals surface area contributed by atoms with Gasteiger partial charge in [0.05, 0.1) is 16.6 Å². The van der Waals surface area contributed by atoms with Crippen molar-refractivity contribution in [2.45, 2.75) is 13.3 Å². The number of nitrogens with one attached hydrogen (secondary N) is 1. The monoisotopic (exact) mass is 427 g/mol. The van der Waals surface area contributed by atoms with E-state index in [1.807, 2.05) is 13.0 Å². The van der Waals surface area contributed by atoms with Crippen molar-refractivity contribution in [2.75, 3.05) is 5.43 Å². The third kappa shape index (κ3) is 3.22. The standard InChI is InChI=1S/C24H18FN5O2/c1-2-19-21(15-8-10-17(25)11-9-15)22-26-14-18-20(30(22)27-19)12-13-29(24(18)32)28-23(31)16-6-4-3-5-7-16/h3-14H,2H2,1H3,(H,28,31). The topological polar surface area (TPSA) is 81.3 Å². The molecule has 0 saturated heterocycles. The van der Waals surface area contributed by atoms with Crippen molar-refractivity contribution in [1.82, 2.24) is 19.3 Å². The predicted octanol–water partition coefficient (Wildman–Crippen LogP) is 3.80. The molecule has 32 heavy (non-hydrogen) atoms. The molecule has 0 unspecified atom stereocenters. The first kappa shape index (κ1) is 19.6. The molecule has 1 amide bonds. The van der Waals surface area contributed by atoms with Crippen LogP contribution in [0.5, 0.6) is 0 Å². The van der Waals surface area contributed by atoms with E-state index in [1.165, 1.54) is 24.5 Å². The lowest BCUT2D eigenvalue weighted by Crippen LogP contribution is -2.32. The van der Waals surface area contributed by atoms with Gasteiger partial charge in [-0.1, -0.05) is 37.3 Å². The number of amides is 1. The Hall–Kier alpha value is -4.33. The summed E-state index contributed by atoms with van der Waals surface area (Å²) in [6.45, 7) is 1.98. The van der Waals surface area contributed by atoms with Crippen molar-refractivity contribution in [2.24, 2.45) is 0 Å². The van der Waals surface area contributed by atoms with E-state index in [0.29, 0.717) is 28.5 Å². The molecule has 0 atom stereocenters. The smallest absolute Gasteiger partial charge is 0.267 e. The third-order valence-corrected chi connectivity index (χ3v) is 5.31. The summed E-state index contributed by atoms with van der Waals surface area (Å²) in [6.07, 6.45) is 3.61. The lowest BCUT2D eigenvalue weighted by Gasteiger charge is -2.09. The summed E-state index contributed by atoms with van der Waals surface area (Å²) in [7, 11) is 0. The zero-order chi connectivity index (χ0) is 22.2. The van der Waals surface area contributed by atoms with Gasteiger partial charge in [-0.2, -0.15) is 5.10 Å². The molecule has 0 aliphatic carbocycles. The number of hydrogen-bond donors (Lipinski definition) is 1. The van der Waals surface area contributed by atoms with E-state index >= 15 is 0 Å². The largest absolute Gasteiger partial charge is 0.280 e. The van der Waals surface area contributed by atoms with E-state index in [1.54, 1.807) is 47.0 Å². The van der Waals surface area contributed by atoms with Crippen molar-refractivity contribution >= 4 is 22.5 Å². The molecule has 3 heterocycles. The summed E-state index contributed by atoms with van der Waals surface area (Å²) in [5, 5.41) is 4.97. The van der Waals surface area contributed by atoms with Gasteiger partial charge in [-0.3, -0.25) is 15.0 Å². The predicted molar refractivity (Wildman–Crippen MR) is 120 cm³/mol. The van der Waals surface area contributed by atoms with Crippen LogP contribution in [0.1, 0.15) is 23.0 Å². The highest BCUT2D eigenvalue weighted by Gasteiger charge is 2.18. The summed E-state index contributed by atoms with van der Waals surface area (Å²) in [6, 6.07) is 16.5. The quantitative estimate of drug-likeness (QED) is 0.473. The van der Waals surface area contributed by atoms with Crippen molar-refractivity contribution in [3.05, 3.63) is 100 Å². The van der Waals surface area contributed by atoms with Crippen molar-refractivity contribution in [3.63, 3.8) is 0 Å². The number of benzene rings is 2. The van der Waals surface area contributed by atoms with Crippen LogP contribution in [0, 0.1) is 5.82 Å². The van der Waals surface area contributed by atoms with Gasteiger partial charge < -0.3 is 0 Å². The van der Waals surface area contributed by atoms with E-state index in [-0.39, 0.29) is 5.82 Å². The molecule has 5 aromatic rings. The fourth-order valence-electron chi connectivity index (χ4n) is 3.73. The van der Waals surface area contributed by atoms with Crippen LogP contribution in [0.4, 0.5) is 4.39 Å². The van der Waals surface area contributed by atoms with Crippen molar-refractivity contribution in [3.8, 4) is 11.1 Å². The highest BCUT2D eigenvalue weighted by Crippen LogP contribution is 2.29. The summed E-state index contributed by atoms with van der Waals surface area (Å²) < 4.78 is 16.2. The molecule has 0 saturated carbocycles. The first-order valence-electron chi connectivity index (χ1n) is 10.1. The van der Waals surface area contributed by atoms with Crippen LogP contribution in [0.3, 0.4) is 0 Å². The number of fused-ring (bicyclic) bond motifs is 3. The van der Waals surface area contributed by atoms with Gasteiger partial charge in [0.2, 0.25) is 0 Å². The van der Waals surface area contributed by atoms with Gasteiger partial charge in [-0.05, 0) is 42.3 Å². The zero-order valence-electron chi connectivity index (χ0n) is 17.1. The molecule has 0 aliphatic rings. The Morgan fingerprint density at radius 1 is 1.06 bits per heavy atom. The molecule has 0 spiro atoms. The van der Waals surface area contributed by atoms with Gasteiger partial charge >= 0.3 is 0 Å². The second-order valence-electron chi connectivity index (χ2n) is 7.27. The van der Waals surface area contributed by atoms with Gasteiger partial charge in [-0.25, -0.2) is 18.6 Å². The Labute approximate surface area is 181 Å². The maximum Gasteiger partial charge on any atom is 0.280 e. The Kier molecular flexibility index (Phi) is 4.74. The minimum Gasteiger partial charge on any atom is -0.267 e.